The van der Waals surface area contributed by atoms with Gasteiger partial charge in [-0.25, -0.2) is 0 Å². The van der Waals surface area contributed by atoms with Crippen molar-refractivity contribution in [2.75, 3.05) is 26.3 Å². The third-order valence-electron chi connectivity index (χ3n) is 9.01. The molecule has 192 valence electrons. The molecule has 3 heterocycles. The van der Waals surface area contributed by atoms with E-state index in [1.165, 1.54) is 18.9 Å². The van der Waals surface area contributed by atoms with Crippen molar-refractivity contribution in [2.24, 2.45) is 5.92 Å². The maximum atomic E-state index is 13.1. The van der Waals surface area contributed by atoms with Gasteiger partial charge in [-0.3, -0.25) is 4.90 Å². The first-order chi connectivity index (χ1) is 16.5. The Hall–Kier alpha value is -1.60. The number of halogens is 3. The Morgan fingerprint density at radius 2 is 1.89 bits per heavy atom. The lowest BCUT2D eigenvalue weighted by Crippen LogP contribution is -2.79. The van der Waals surface area contributed by atoms with Crippen molar-refractivity contribution in [2.45, 2.75) is 73.0 Å². The quantitative estimate of drug-likeness (QED) is 0.480. The van der Waals surface area contributed by atoms with Gasteiger partial charge < -0.3 is 23.5 Å². The van der Waals surface area contributed by atoms with E-state index < -0.39 is 44.3 Å². The third kappa shape index (κ3) is 2.80. The molecule has 35 heavy (non-hydrogen) atoms. The van der Waals surface area contributed by atoms with E-state index in [4.69, 9.17) is 14.2 Å². The topological polar surface area (TPSA) is 94.5 Å². The average molecular weight is 518 g/mol. The van der Waals surface area contributed by atoms with Gasteiger partial charge in [-0.05, 0) is 56.2 Å². The van der Waals surface area contributed by atoms with E-state index in [1.807, 2.05) is 0 Å². The molecule has 4 atom stereocenters. The number of benzene rings is 1. The highest BCUT2D eigenvalue weighted by atomic mass is 32.2. The van der Waals surface area contributed by atoms with E-state index in [0.29, 0.717) is 56.9 Å². The number of hydrogen-bond donors (Lipinski definition) is 1. The molecule has 6 aliphatic rings. The SMILES string of the molecule is O=S(=O)(Oc1ccc2c3c1OC1C4(CCC5(O)[C@H](C2)N(CC2CC2)CC[C@@]315)OCCO4)C(F)(F)F. The molecule has 2 unspecified atom stereocenters. The highest BCUT2D eigenvalue weighted by molar-refractivity contribution is 7.88. The number of hydrogen-bond acceptors (Lipinski definition) is 8. The van der Waals surface area contributed by atoms with Crippen LogP contribution in [0.5, 0.6) is 11.5 Å². The van der Waals surface area contributed by atoms with Crippen LogP contribution in [0.25, 0.3) is 0 Å². The van der Waals surface area contributed by atoms with Crippen LogP contribution in [0, 0.1) is 5.92 Å². The molecule has 7 rings (SSSR count). The molecule has 4 fully saturated rings. The van der Waals surface area contributed by atoms with Crippen LogP contribution >= 0.6 is 0 Å². The Bertz CT molecular complexity index is 1200. The van der Waals surface area contributed by atoms with E-state index in [9.17, 15) is 26.7 Å². The standard InChI is InChI=1S/C23H26F3NO7S/c24-23(25,26)35(29,30)34-15-4-3-14-11-16-21(28)5-6-22(31-9-10-32-22)19-20(21,17(14)18(15)33-19)7-8-27(16)12-13-1-2-13/h3-4,13,16,19,28H,1-2,5-12H2/t16-,19?,20+,21?/m0/s1. The second-order valence-electron chi connectivity index (χ2n) is 10.7. The summed E-state index contributed by atoms with van der Waals surface area (Å²) in [6.45, 7) is 2.26. The zero-order valence-corrected chi connectivity index (χ0v) is 19.7. The van der Waals surface area contributed by atoms with Gasteiger partial charge in [0.2, 0.25) is 5.79 Å². The van der Waals surface area contributed by atoms with Crippen molar-refractivity contribution >= 4 is 10.1 Å². The van der Waals surface area contributed by atoms with Gasteiger partial charge >= 0.3 is 15.6 Å². The zero-order chi connectivity index (χ0) is 24.4. The number of alkyl halides is 3. The normalized spacial score (nSPS) is 37.3. The molecule has 2 saturated carbocycles. The molecule has 2 spiro atoms. The third-order valence-corrected chi connectivity index (χ3v) is 9.98. The van der Waals surface area contributed by atoms with E-state index in [0.717, 1.165) is 12.1 Å². The summed E-state index contributed by atoms with van der Waals surface area (Å²) in [5, 5.41) is 12.4. The van der Waals surface area contributed by atoms with Crippen LogP contribution in [0.1, 0.15) is 43.2 Å². The second kappa shape index (κ2) is 6.83. The van der Waals surface area contributed by atoms with Crippen molar-refractivity contribution in [1.82, 2.24) is 4.90 Å². The minimum Gasteiger partial charge on any atom is -0.479 e. The predicted octanol–water partition coefficient (Wildman–Crippen LogP) is 2.22. The van der Waals surface area contributed by atoms with E-state index in [-0.39, 0.29) is 11.8 Å². The number of fused-ring (bicyclic) bond motifs is 1. The molecule has 0 amide bonds. The van der Waals surface area contributed by atoms with E-state index in [2.05, 4.69) is 9.08 Å². The second-order valence-corrected chi connectivity index (χ2v) is 12.3. The van der Waals surface area contributed by atoms with Crippen LogP contribution in [-0.4, -0.2) is 73.8 Å². The zero-order valence-electron chi connectivity index (χ0n) is 18.8. The lowest BCUT2D eigenvalue weighted by Gasteiger charge is -2.65. The molecule has 1 N–H and O–H groups in total. The van der Waals surface area contributed by atoms with Gasteiger partial charge in [-0.1, -0.05) is 6.07 Å². The average Bonchev–Trinajstić information content (AvgIpc) is 3.34. The molecule has 3 aliphatic heterocycles. The lowest BCUT2D eigenvalue weighted by molar-refractivity contribution is -0.296. The minimum absolute atomic E-state index is 0.0618. The summed E-state index contributed by atoms with van der Waals surface area (Å²) in [6.07, 6.45) is 3.24. The van der Waals surface area contributed by atoms with Crippen LogP contribution in [-0.2, 0) is 31.4 Å². The molecule has 1 aromatic rings. The molecule has 3 aliphatic carbocycles. The molecule has 2 bridgehead atoms. The van der Waals surface area contributed by atoms with Crippen LogP contribution < -0.4 is 8.92 Å². The Balaban J connectivity index is 1.40. The van der Waals surface area contributed by atoms with Crippen molar-refractivity contribution < 1.29 is 45.1 Å². The molecule has 2 saturated heterocycles. The molecular formula is C23H26F3NO7S. The molecule has 12 heteroatoms. The van der Waals surface area contributed by atoms with Gasteiger partial charge in [0.25, 0.3) is 0 Å². The van der Waals surface area contributed by atoms with Crippen LogP contribution in [0.15, 0.2) is 12.1 Å². The fourth-order valence-corrected chi connectivity index (χ4v) is 7.89. The van der Waals surface area contributed by atoms with E-state index >= 15 is 0 Å². The summed E-state index contributed by atoms with van der Waals surface area (Å²) >= 11 is 0. The van der Waals surface area contributed by atoms with Crippen LogP contribution in [0.3, 0.4) is 0 Å². The Morgan fingerprint density at radius 3 is 2.57 bits per heavy atom. The van der Waals surface area contributed by atoms with Crippen molar-refractivity contribution in [3.8, 4) is 11.5 Å². The predicted molar refractivity (Wildman–Crippen MR) is 113 cm³/mol. The fourth-order valence-electron chi connectivity index (χ4n) is 7.43. The van der Waals surface area contributed by atoms with E-state index in [1.54, 1.807) is 6.07 Å². The molecule has 0 radical (unpaired) electrons. The molecule has 8 nitrogen and oxygen atoms in total. The van der Waals surface area contributed by atoms with Crippen molar-refractivity contribution in [1.29, 1.82) is 0 Å². The monoisotopic (exact) mass is 517 g/mol. The first-order valence-corrected chi connectivity index (χ1v) is 13.5. The highest BCUT2D eigenvalue weighted by Crippen LogP contribution is 2.68. The highest BCUT2D eigenvalue weighted by Gasteiger charge is 2.77. The van der Waals surface area contributed by atoms with Gasteiger partial charge in [0, 0.05) is 24.6 Å². The summed E-state index contributed by atoms with van der Waals surface area (Å²) in [7, 11) is -5.91. The van der Waals surface area contributed by atoms with Gasteiger partial charge in [-0.15, -0.1) is 0 Å². The molecular weight excluding hydrogens is 491 g/mol. The largest absolute Gasteiger partial charge is 0.534 e. The van der Waals surface area contributed by atoms with Gasteiger partial charge in [0.05, 0.1) is 24.2 Å². The summed E-state index contributed by atoms with van der Waals surface area (Å²) in [6, 6.07) is 2.64. The Kier molecular flexibility index (Phi) is 4.41. The van der Waals surface area contributed by atoms with Crippen LogP contribution in [0.2, 0.25) is 0 Å². The number of ether oxygens (including phenoxy) is 3. The lowest BCUT2D eigenvalue weighted by atomic mass is 9.48. The number of aliphatic hydroxyl groups is 1. The van der Waals surface area contributed by atoms with Gasteiger partial charge in [0.15, 0.2) is 17.6 Å². The smallest absolute Gasteiger partial charge is 0.479 e. The maximum Gasteiger partial charge on any atom is 0.534 e. The number of nitrogens with zero attached hydrogens (tertiary/aromatic N) is 1. The Morgan fingerprint density at radius 1 is 1.14 bits per heavy atom. The summed E-state index contributed by atoms with van der Waals surface area (Å²) < 4.78 is 86.1. The first-order valence-electron chi connectivity index (χ1n) is 12.1. The summed E-state index contributed by atoms with van der Waals surface area (Å²) in [5.41, 5.74) is -6.46. The summed E-state index contributed by atoms with van der Waals surface area (Å²) in [5.74, 6) is -1.13. The summed E-state index contributed by atoms with van der Waals surface area (Å²) in [4.78, 5) is 2.35. The van der Waals surface area contributed by atoms with Crippen molar-refractivity contribution in [3.05, 3.63) is 23.3 Å². The number of rotatable bonds is 4. The van der Waals surface area contributed by atoms with Crippen molar-refractivity contribution in [3.63, 3.8) is 0 Å². The molecule has 0 aromatic heterocycles. The number of piperidine rings is 1. The minimum atomic E-state index is -5.91. The number of likely N-dealkylation sites (tertiary alicyclic amines) is 1. The van der Waals surface area contributed by atoms with Gasteiger partial charge in [-0.2, -0.15) is 21.6 Å². The fraction of sp³-hybridized carbons (Fsp3) is 0.739. The van der Waals surface area contributed by atoms with Crippen LogP contribution in [0.4, 0.5) is 13.2 Å². The first kappa shape index (κ1) is 22.6. The maximum absolute atomic E-state index is 13.1. The molecule has 1 aromatic carbocycles. The van der Waals surface area contributed by atoms with Gasteiger partial charge in [0.1, 0.15) is 0 Å². The Labute approximate surface area is 200 Å².